The van der Waals surface area contributed by atoms with Crippen LogP contribution in [0.5, 0.6) is 0 Å². The quantitative estimate of drug-likeness (QED) is 0.621. The Bertz CT molecular complexity index is 325. The molecule has 0 saturated carbocycles. The lowest BCUT2D eigenvalue weighted by molar-refractivity contribution is 0.283. The first-order valence-corrected chi connectivity index (χ1v) is 5.13. The molecule has 2 rings (SSSR count). The zero-order chi connectivity index (χ0) is 10.3. The van der Waals surface area contributed by atoms with Crippen LogP contribution in [0.1, 0.15) is 27.7 Å². The first kappa shape index (κ1) is 9.44. The number of fused-ring (bicyclic) bond motifs is 1. The number of rotatable bonds is 1. The van der Waals surface area contributed by atoms with Crippen molar-refractivity contribution < 1.29 is 0 Å². The van der Waals surface area contributed by atoms with Gasteiger partial charge in [0, 0.05) is 11.8 Å². The molecule has 0 aromatic carbocycles. The standard InChI is InChI=1S/C11H17N3/c1-7(2)14-6-12-10-5-8(3)9(4)13-11(10)14/h5-7,10-11H,1-4H3. The molecule has 14 heavy (non-hydrogen) atoms. The van der Waals surface area contributed by atoms with Gasteiger partial charge in [0.2, 0.25) is 0 Å². The lowest BCUT2D eigenvalue weighted by Crippen LogP contribution is -2.40. The first-order chi connectivity index (χ1) is 6.59. The number of dihydropyridines is 1. The van der Waals surface area contributed by atoms with Crippen LogP contribution in [0.25, 0.3) is 0 Å². The molecule has 0 spiro atoms. The Morgan fingerprint density at radius 1 is 1.36 bits per heavy atom. The molecule has 0 amide bonds. The number of aliphatic imine (C=N–C) groups is 2. The number of allylic oxidation sites excluding steroid dienone is 1. The lowest BCUT2D eigenvalue weighted by atomic mass is 10.0. The minimum atomic E-state index is 0.207. The van der Waals surface area contributed by atoms with Gasteiger partial charge in [0.15, 0.2) is 0 Å². The third-order valence-electron chi connectivity index (χ3n) is 2.90. The van der Waals surface area contributed by atoms with E-state index in [4.69, 9.17) is 0 Å². The van der Waals surface area contributed by atoms with E-state index in [2.05, 4.69) is 48.7 Å². The van der Waals surface area contributed by atoms with Crippen LogP contribution in [0, 0.1) is 0 Å². The summed E-state index contributed by atoms with van der Waals surface area (Å²) in [7, 11) is 0. The number of hydrogen-bond donors (Lipinski definition) is 0. The summed E-state index contributed by atoms with van der Waals surface area (Å²) in [4.78, 5) is 11.4. The van der Waals surface area contributed by atoms with Crippen LogP contribution in [0.3, 0.4) is 0 Å². The van der Waals surface area contributed by atoms with Crippen LogP contribution < -0.4 is 0 Å². The van der Waals surface area contributed by atoms with E-state index >= 15 is 0 Å². The molecule has 2 unspecified atom stereocenters. The lowest BCUT2D eigenvalue weighted by Gasteiger charge is -2.30. The Morgan fingerprint density at radius 2 is 2.07 bits per heavy atom. The van der Waals surface area contributed by atoms with E-state index < -0.39 is 0 Å². The molecule has 0 aromatic heterocycles. The highest BCUT2D eigenvalue weighted by Gasteiger charge is 2.32. The van der Waals surface area contributed by atoms with Gasteiger partial charge in [-0.15, -0.1) is 0 Å². The molecule has 0 radical (unpaired) electrons. The van der Waals surface area contributed by atoms with Crippen molar-refractivity contribution in [2.45, 2.75) is 45.9 Å². The molecule has 76 valence electrons. The molecule has 3 nitrogen and oxygen atoms in total. The Labute approximate surface area is 85.2 Å². The minimum absolute atomic E-state index is 0.207. The van der Waals surface area contributed by atoms with E-state index in [1.807, 2.05) is 6.34 Å². The molecule has 2 aliphatic rings. The predicted molar refractivity (Wildman–Crippen MR) is 59.9 cm³/mol. The molecular formula is C11H17N3. The highest BCUT2D eigenvalue weighted by Crippen LogP contribution is 2.24. The van der Waals surface area contributed by atoms with E-state index in [0.29, 0.717) is 6.04 Å². The molecule has 2 atom stereocenters. The summed E-state index contributed by atoms with van der Waals surface area (Å²) in [5, 5.41) is 0. The highest BCUT2D eigenvalue weighted by atomic mass is 15.3. The number of hydrogen-bond acceptors (Lipinski definition) is 3. The van der Waals surface area contributed by atoms with Gasteiger partial charge in [-0.3, -0.25) is 9.98 Å². The monoisotopic (exact) mass is 191 g/mol. The van der Waals surface area contributed by atoms with Crippen molar-refractivity contribution in [3.63, 3.8) is 0 Å². The van der Waals surface area contributed by atoms with Crippen molar-refractivity contribution in [3.05, 3.63) is 11.6 Å². The summed E-state index contributed by atoms with van der Waals surface area (Å²) < 4.78 is 0. The summed E-state index contributed by atoms with van der Waals surface area (Å²) in [6.45, 7) is 8.51. The van der Waals surface area contributed by atoms with Crippen LogP contribution in [-0.2, 0) is 0 Å². The third-order valence-corrected chi connectivity index (χ3v) is 2.90. The molecule has 0 bridgehead atoms. The number of nitrogens with zero attached hydrogens (tertiary/aromatic N) is 3. The summed E-state index contributed by atoms with van der Waals surface area (Å²) >= 11 is 0. The summed E-state index contributed by atoms with van der Waals surface area (Å²) in [6.07, 6.45) is 4.36. The van der Waals surface area contributed by atoms with Crippen molar-refractivity contribution >= 4 is 12.1 Å². The summed E-state index contributed by atoms with van der Waals surface area (Å²) in [6, 6.07) is 0.707. The SMILES string of the molecule is CC1=CC2N=CN(C(C)C)C2N=C1C. The van der Waals surface area contributed by atoms with Gasteiger partial charge in [0.1, 0.15) is 12.2 Å². The largest absolute Gasteiger partial charge is 0.336 e. The zero-order valence-electron chi connectivity index (χ0n) is 9.23. The Kier molecular flexibility index (Phi) is 2.17. The van der Waals surface area contributed by atoms with Crippen molar-refractivity contribution in [1.29, 1.82) is 0 Å². The third kappa shape index (κ3) is 1.37. The van der Waals surface area contributed by atoms with Crippen LogP contribution in [0.2, 0.25) is 0 Å². The van der Waals surface area contributed by atoms with E-state index in [9.17, 15) is 0 Å². The molecule has 0 saturated heterocycles. The van der Waals surface area contributed by atoms with E-state index in [0.717, 1.165) is 5.71 Å². The first-order valence-electron chi connectivity index (χ1n) is 5.13. The molecule has 0 aromatic rings. The van der Waals surface area contributed by atoms with Crippen LogP contribution >= 0.6 is 0 Å². The molecule has 0 fully saturated rings. The van der Waals surface area contributed by atoms with Crippen molar-refractivity contribution in [3.8, 4) is 0 Å². The summed E-state index contributed by atoms with van der Waals surface area (Å²) in [5.74, 6) is 0. The smallest absolute Gasteiger partial charge is 0.148 e. The normalized spacial score (nSPS) is 30.5. The zero-order valence-corrected chi connectivity index (χ0v) is 9.23. The second kappa shape index (κ2) is 3.23. The van der Waals surface area contributed by atoms with Crippen LogP contribution in [-0.4, -0.2) is 35.2 Å². The van der Waals surface area contributed by atoms with E-state index in [-0.39, 0.29) is 12.2 Å². The average Bonchev–Trinajstić information content (AvgIpc) is 2.48. The fourth-order valence-electron chi connectivity index (χ4n) is 1.86. The van der Waals surface area contributed by atoms with Gasteiger partial charge in [0.05, 0.1) is 6.34 Å². The average molecular weight is 191 g/mol. The van der Waals surface area contributed by atoms with Crippen LogP contribution in [0.4, 0.5) is 0 Å². The van der Waals surface area contributed by atoms with Crippen molar-refractivity contribution in [2.75, 3.05) is 0 Å². The topological polar surface area (TPSA) is 28.0 Å². The Hall–Kier alpha value is -1.12. The fourth-order valence-corrected chi connectivity index (χ4v) is 1.86. The fraction of sp³-hybridized carbons (Fsp3) is 0.636. The van der Waals surface area contributed by atoms with Crippen molar-refractivity contribution in [1.82, 2.24) is 4.90 Å². The molecule has 0 aliphatic carbocycles. The van der Waals surface area contributed by atoms with Gasteiger partial charge in [-0.1, -0.05) is 6.08 Å². The molecule has 2 aliphatic heterocycles. The van der Waals surface area contributed by atoms with E-state index in [1.165, 1.54) is 5.57 Å². The van der Waals surface area contributed by atoms with Gasteiger partial charge < -0.3 is 4.90 Å². The second-order valence-electron chi connectivity index (χ2n) is 4.27. The Morgan fingerprint density at radius 3 is 2.71 bits per heavy atom. The maximum Gasteiger partial charge on any atom is 0.148 e. The van der Waals surface area contributed by atoms with E-state index in [1.54, 1.807) is 0 Å². The molecular weight excluding hydrogens is 174 g/mol. The van der Waals surface area contributed by atoms with Crippen molar-refractivity contribution in [2.24, 2.45) is 9.98 Å². The Balaban J connectivity index is 2.26. The molecule has 3 heteroatoms. The second-order valence-corrected chi connectivity index (χ2v) is 4.27. The van der Waals surface area contributed by atoms with Gasteiger partial charge in [0.25, 0.3) is 0 Å². The summed E-state index contributed by atoms with van der Waals surface area (Å²) in [5.41, 5.74) is 2.40. The maximum atomic E-state index is 4.68. The molecule has 0 N–H and O–H groups in total. The van der Waals surface area contributed by atoms with Crippen LogP contribution in [0.15, 0.2) is 21.6 Å². The van der Waals surface area contributed by atoms with Gasteiger partial charge in [-0.05, 0) is 33.3 Å². The van der Waals surface area contributed by atoms with Gasteiger partial charge >= 0.3 is 0 Å². The van der Waals surface area contributed by atoms with Gasteiger partial charge in [-0.25, -0.2) is 0 Å². The minimum Gasteiger partial charge on any atom is -0.336 e. The maximum absolute atomic E-state index is 4.68. The molecule has 2 heterocycles. The predicted octanol–water partition coefficient (Wildman–Crippen LogP) is 1.85. The van der Waals surface area contributed by atoms with Gasteiger partial charge in [-0.2, -0.15) is 0 Å². The highest BCUT2D eigenvalue weighted by molar-refractivity contribution is 5.98.